The smallest absolute Gasteiger partial charge is 0.305 e. The van der Waals surface area contributed by atoms with Crippen LogP contribution in [0.2, 0.25) is 0 Å². The van der Waals surface area contributed by atoms with Crippen molar-refractivity contribution in [1.82, 2.24) is 19.2 Å². The Balaban J connectivity index is 1.57. The molecule has 13 heteroatoms. The highest BCUT2D eigenvalue weighted by Gasteiger charge is 2.35. The van der Waals surface area contributed by atoms with E-state index in [4.69, 9.17) is 5.11 Å². The Kier molecular flexibility index (Phi) is 9.77. The summed E-state index contributed by atoms with van der Waals surface area (Å²) < 4.78 is 41.3. The molecule has 3 aromatic rings. The summed E-state index contributed by atoms with van der Waals surface area (Å²) in [4.78, 5) is 29.1. The van der Waals surface area contributed by atoms with Crippen LogP contribution >= 0.6 is 0 Å². The van der Waals surface area contributed by atoms with Crippen molar-refractivity contribution in [2.24, 2.45) is 0 Å². The maximum absolute atomic E-state index is 13.7. The van der Waals surface area contributed by atoms with Crippen LogP contribution < -0.4 is 5.32 Å². The van der Waals surface area contributed by atoms with Gasteiger partial charge in [-0.2, -0.15) is 0 Å². The first-order valence-corrected chi connectivity index (χ1v) is 15.0. The maximum Gasteiger partial charge on any atom is 0.305 e. The van der Waals surface area contributed by atoms with Gasteiger partial charge in [-0.1, -0.05) is 12.1 Å². The average Bonchev–Trinajstić information content (AvgIpc) is 3.70. The number of aliphatic hydroxyl groups excluding tert-OH is 2. The lowest BCUT2D eigenvalue weighted by molar-refractivity contribution is -0.139. The molecule has 0 saturated heterocycles. The topological polar surface area (TPSA) is 162 Å². The number of hydrogen-bond donors (Lipinski definition) is 4. The number of amides is 1. The van der Waals surface area contributed by atoms with Crippen LogP contribution in [0.1, 0.15) is 59.8 Å². The summed E-state index contributed by atoms with van der Waals surface area (Å²) in [6.07, 6.45) is -0.927. The van der Waals surface area contributed by atoms with Crippen molar-refractivity contribution in [3.05, 3.63) is 71.3 Å². The Morgan fingerprint density at radius 1 is 1.07 bits per heavy atom. The molecule has 0 radical (unpaired) electrons. The molecule has 42 heavy (non-hydrogen) atoms. The minimum atomic E-state index is -3.58. The quantitative estimate of drug-likeness (QED) is 0.219. The summed E-state index contributed by atoms with van der Waals surface area (Å²) in [6, 6.07) is 11.9. The predicted molar refractivity (Wildman–Crippen MR) is 152 cm³/mol. The zero-order valence-corrected chi connectivity index (χ0v) is 24.2. The van der Waals surface area contributed by atoms with Crippen molar-refractivity contribution in [3.8, 4) is 11.4 Å². The van der Waals surface area contributed by atoms with Crippen molar-refractivity contribution in [2.45, 2.75) is 68.2 Å². The number of carbonyl (C=O) groups excluding carboxylic acids is 1. The fourth-order valence-corrected chi connectivity index (χ4v) is 5.60. The van der Waals surface area contributed by atoms with Crippen LogP contribution in [0, 0.1) is 5.82 Å². The normalized spacial score (nSPS) is 15.0. The summed E-state index contributed by atoms with van der Waals surface area (Å²) in [7, 11) is -0.683. The highest BCUT2D eigenvalue weighted by atomic mass is 32.2. The zero-order valence-electron chi connectivity index (χ0n) is 23.4. The molecule has 0 spiro atoms. The number of aliphatic hydroxyl groups is 2. The van der Waals surface area contributed by atoms with E-state index >= 15 is 0 Å². The summed E-state index contributed by atoms with van der Waals surface area (Å²) >= 11 is 0. The number of aliphatic carboxylic acids is 1. The molecule has 0 aliphatic heterocycles. The average molecular weight is 603 g/mol. The SMILES string of the molecule is CN(C)S(=O)(=O)c1ccc(CNC(=O)c2nc(-c3ccc(F)cc3)n(CC[C@@H](O)C[C@@H](O)CC(=O)O)c2C2CC2)cc1. The van der Waals surface area contributed by atoms with Gasteiger partial charge in [0, 0.05) is 38.7 Å². The fourth-order valence-electron chi connectivity index (χ4n) is 4.70. The molecule has 226 valence electrons. The fraction of sp³-hybridized carbons (Fsp3) is 0.414. The second kappa shape index (κ2) is 13.1. The molecule has 11 nitrogen and oxygen atoms in total. The Morgan fingerprint density at radius 2 is 1.71 bits per heavy atom. The summed E-state index contributed by atoms with van der Waals surface area (Å²) in [5.41, 5.74) is 2.17. The van der Waals surface area contributed by atoms with Crippen LogP contribution in [0.3, 0.4) is 0 Å². The highest BCUT2D eigenvalue weighted by Crippen LogP contribution is 2.43. The van der Waals surface area contributed by atoms with Crippen molar-refractivity contribution in [3.63, 3.8) is 0 Å². The minimum absolute atomic E-state index is 0.0673. The minimum Gasteiger partial charge on any atom is -0.481 e. The second-order valence-corrected chi connectivity index (χ2v) is 12.8. The van der Waals surface area contributed by atoms with E-state index in [0.29, 0.717) is 22.6 Å². The third-order valence-electron chi connectivity index (χ3n) is 7.08. The van der Waals surface area contributed by atoms with Gasteiger partial charge >= 0.3 is 5.97 Å². The van der Waals surface area contributed by atoms with E-state index in [0.717, 1.165) is 17.1 Å². The van der Waals surface area contributed by atoms with Crippen LogP contribution in [-0.2, 0) is 27.9 Å². The number of carbonyl (C=O) groups is 2. The van der Waals surface area contributed by atoms with Crippen LogP contribution in [0.5, 0.6) is 0 Å². The number of halogens is 1. The van der Waals surface area contributed by atoms with Crippen LogP contribution in [-0.4, -0.2) is 75.8 Å². The number of carboxylic acids is 1. The molecule has 1 heterocycles. The molecule has 1 aliphatic rings. The summed E-state index contributed by atoms with van der Waals surface area (Å²) in [5.74, 6) is -1.52. The molecule has 4 N–H and O–H groups in total. The lowest BCUT2D eigenvalue weighted by Gasteiger charge is -2.17. The maximum atomic E-state index is 13.7. The van der Waals surface area contributed by atoms with Crippen LogP contribution in [0.15, 0.2) is 53.4 Å². The van der Waals surface area contributed by atoms with E-state index in [1.54, 1.807) is 24.3 Å². The Labute approximate surface area is 243 Å². The van der Waals surface area contributed by atoms with Crippen molar-refractivity contribution >= 4 is 21.9 Å². The standard InChI is InChI=1S/C29H35FN4O7S/c1-33(2)42(40,41)24-11-3-18(4-12-24)17-31-29(39)26-27(19-5-6-19)34(14-13-22(35)15-23(36)16-25(37)38)28(32-26)20-7-9-21(30)10-8-20/h3-4,7-12,19,22-23,35-36H,5-6,13-17H2,1-2H3,(H,31,39)(H,37,38)/t22-,23-/m1/s1. The third kappa shape index (κ3) is 7.59. The number of nitrogens with one attached hydrogen (secondary N) is 1. The molecule has 1 aliphatic carbocycles. The molecule has 0 bridgehead atoms. The number of rotatable bonds is 14. The zero-order chi connectivity index (χ0) is 30.6. The highest BCUT2D eigenvalue weighted by molar-refractivity contribution is 7.89. The molecule has 0 unspecified atom stereocenters. The number of aromatic nitrogens is 2. The van der Waals surface area contributed by atoms with Gasteiger partial charge in [-0.25, -0.2) is 22.1 Å². The molecule has 2 atom stereocenters. The molecule has 1 fully saturated rings. The molecular weight excluding hydrogens is 567 g/mol. The lowest BCUT2D eigenvalue weighted by atomic mass is 10.1. The molecular formula is C29H35FN4O7S. The van der Waals surface area contributed by atoms with E-state index < -0.39 is 46.3 Å². The van der Waals surface area contributed by atoms with E-state index in [-0.39, 0.29) is 42.4 Å². The number of nitrogens with zero attached hydrogens (tertiary/aromatic N) is 3. The van der Waals surface area contributed by atoms with Gasteiger partial charge in [0.2, 0.25) is 10.0 Å². The predicted octanol–water partition coefficient (Wildman–Crippen LogP) is 2.72. The Morgan fingerprint density at radius 3 is 2.29 bits per heavy atom. The first-order valence-electron chi connectivity index (χ1n) is 13.6. The monoisotopic (exact) mass is 602 g/mol. The van der Waals surface area contributed by atoms with Gasteiger partial charge in [-0.3, -0.25) is 9.59 Å². The molecule has 1 saturated carbocycles. The van der Waals surface area contributed by atoms with Gasteiger partial charge in [-0.15, -0.1) is 0 Å². The van der Waals surface area contributed by atoms with E-state index in [1.807, 2.05) is 4.57 Å². The van der Waals surface area contributed by atoms with Gasteiger partial charge < -0.3 is 25.2 Å². The van der Waals surface area contributed by atoms with Gasteiger partial charge in [0.25, 0.3) is 5.91 Å². The molecule has 1 aromatic heterocycles. The number of carboxylic acid groups (broad SMARTS) is 1. The van der Waals surface area contributed by atoms with Gasteiger partial charge in [0.15, 0.2) is 0 Å². The molecule has 4 rings (SSSR count). The Hall–Kier alpha value is -3.65. The van der Waals surface area contributed by atoms with Gasteiger partial charge in [0.05, 0.1) is 29.2 Å². The number of hydrogen-bond acceptors (Lipinski definition) is 7. The number of sulfonamides is 1. The number of benzene rings is 2. The van der Waals surface area contributed by atoms with Crippen molar-refractivity contribution in [1.29, 1.82) is 0 Å². The second-order valence-electron chi connectivity index (χ2n) is 10.6. The molecule has 1 amide bonds. The largest absolute Gasteiger partial charge is 0.481 e. The van der Waals surface area contributed by atoms with E-state index in [2.05, 4.69) is 10.3 Å². The number of imidazole rings is 1. The van der Waals surface area contributed by atoms with E-state index in [9.17, 15) is 32.6 Å². The van der Waals surface area contributed by atoms with Crippen LogP contribution in [0.25, 0.3) is 11.4 Å². The summed E-state index contributed by atoms with van der Waals surface area (Å²) in [6.45, 7) is 0.367. The molecule has 2 aromatic carbocycles. The first kappa shape index (κ1) is 31.3. The first-order chi connectivity index (χ1) is 19.9. The summed E-state index contributed by atoms with van der Waals surface area (Å²) in [5, 5.41) is 32.2. The third-order valence-corrected chi connectivity index (χ3v) is 8.91. The lowest BCUT2D eigenvalue weighted by Crippen LogP contribution is -2.25. The van der Waals surface area contributed by atoms with Crippen molar-refractivity contribution in [2.75, 3.05) is 14.1 Å². The van der Waals surface area contributed by atoms with Gasteiger partial charge in [-0.05, 0) is 67.6 Å². The van der Waals surface area contributed by atoms with Crippen LogP contribution in [0.4, 0.5) is 4.39 Å². The van der Waals surface area contributed by atoms with E-state index in [1.165, 1.54) is 38.4 Å². The van der Waals surface area contributed by atoms with Gasteiger partial charge in [0.1, 0.15) is 17.3 Å². The Bertz CT molecular complexity index is 1520. The van der Waals surface area contributed by atoms with Crippen molar-refractivity contribution < 1.29 is 37.7 Å².